The summed E-state index contributed by atoms with van der Waals surface area (Å²) >= 11 is 0. The highest BCUT2D eigenvalue weighted by Crippen LogP contribution is 2.26. The van der Waals surface area contributed by atoms with E-state index < -0.39 is 0 Å². The van der Waals surface area contributed by atoms with Crippen molar-refractivity contribution in [2.75, 3.05) is 19.8 Å². The van der Waals surface area contributed by atoms with Gasteiger partial charge in [0, 0.05) is 12.6 Å². The van der Waals surface area contributed by atoms with Crippen LogP contribution in [0.5, 0.6) is 0 Å². The zero-order chi connectivity index (χ0) is 8.93. The minimum atomic E-state index is 0.654. The molecule has 1 aliphatic carbocycles. The quantitative estimate of drug-likeness (QED) is 0.719. The van der Waals surface area contributed by atoms with Crippen molar-refractivity contribution in [3.05, 3.63) is 0 Å². The van der Waals surface area contributed by atoms with Crippen LogP contribution in [0, 0.1) is 5.92 Å². The van der Waals surface area contributed by atoms with Gasteiger partial charge in [0.1, 0.15) is 0 Å². The molecule has 0 aromatic heterocycles. The summed E-state index contributed by atoms with van der Waals surface area (Å²) in [6.07, 6.45) is 8.49. The molecule has 13 heavy (non-hydrogen) atoms. The van der Waals surface area contributed by atoms with Crippen LogP contribution in [0.4, 0.5) is 0 Å². The monoisotopic (exact) mass is 183 g/mol. The minimum Gasteiger partial charge on any atom is -0.380 e. The van der Waals surface area contributed by atoms with Crippen LogP contribution >= 0.6 is 0 Å². The van der Waals surface area contributed by atoms with Gasteiger partial charge in [-0.2, -0.15) is 0 Å². The predicted molar refractivity (Wildman–Crippen MR) is 53.8 cm³/mol. The van der Waals surface area contributed by atoms with Crippen molar-refractivity contribution in [2.24, 2.45) is 5.92 Å². The minimum absolute atomic E-state index is 0.654. The molecule has 0 radical (unpaired) electrons. The summed E-state index contributed by atoms with van der Waals surface area (Å²) in [6.45, 7) is 3.10. The van der Waals surface area contributed by atoms with Gasteiger partial charge in [-0.3, -0.25) is 0 Å². The Balaban J connectivity index is 1.52. The molecular weight excluding hydrogens is 162 g/mol. The Hall–Kier alpha value is -0.0800. The fourth-order valence-corrected chi connectivity index (χ4v) is 2.49. The molecule has 0 aromatic rings. The van der Waals surface area contributed by atoms with Gasteiger partial charge in [0.25, 0.3) is 0 Å². The molecule has 76 valence electrons. The van der Waals surface area contributed by atoms with E-state index >= 15 is 0 Å². The first kappa shape index (κ1) is 9.47. The molecule has 2 nitrogen and oxygen atoms in total. The van der Waals surface area contributed by atoms with E-state index in [4.69, 9.17) is 4.74 Å². The van der Waals surface area contributed by atoms with E-state index in [9.17, 15) is 0 Å². The molecule has 0 spiro atoms. The van der Waals surface area contributed by atoms with Crippen LogP contribution < -0.4 is 5.32 Å². The van der Waals surface area contributed by atoms with Gasteiger partial charge in [-0.25, -0.2) is 0 Å². The maximum Gasteiger partial charge on any atom is 0.0620 e. The van der Waals surface area contributed by atoms with Gasteiger partial charge in [-0.15, -0.1) is 0 Å². The summed E-state index contributed by atoms with van der Waals surface area (Å²) in [6, 6.07) is 0.654. The van der Waals surface area contributed by atoms with E-state index in [1.807, 2.05) is 0 Å². The number of rotatable bonds is 4. The molecule has 0 aromatic carbocycles. The summed E-state index contributed by atoms with van der Waals surface area (Å²) in [4.78, 5) is 0. The third-order valence-corrected chi connectivity index (χ3v) is 3.39. The average Bonchev–Trinajstić information content (AvgIpc) is 2.75. The van der Waals surface area contributed by atoms with Crippen LogP contribution in [0.2, 0.25) is 0 Å². The Morgan fingerprint density at radius 2 is 2.00 bits per heavy atom. The normalized spacial score (nSPS) is 30.0. The molecule has 2 fully saturated rings. The second-order valence-electron chi connectivity index (χ2n) is 4.45. The SMILES string of the molecule is C1CCC(CCNC2CCOC2)C1. The number of hydrogen-bond acceptors (Lipinski definition) is 2. The largest absolute Gasteiger partial charge is 0.380 e. The van der Waals surface area contributed by atoms with E-state index in [2.05, 4.69) is 5.32 Å². The Bertz CT molecular complexity index is 121. The molecule has 1 N–H and O–H groups in total. The number of ether oxygens (including phenoxy) is 1. The van der Waals surface area contributed by atoms with Gasteiger partial charge in [0.15, 0.2) is 0 Å². The Labute approximate surface area is 81.0 Å². The van der Waals surface area contributed by atoms with Crippen LogP contribution in [0.15, 0.2) is 0 Å². The van der Waals surface area contributed by atoms with E-state index in [0.29, 0.717) is 6.04 Å². The van der Waals surface area contributed by atoms with Crippen LogP contribution in [0.1, 0.15) is 38.5 Å². The summed E-state index contributed by atoms with van der Waals surface area (Å²) in [5, 5.41) is 3.58. The van der Waals surface area contributed by atoms with E-state index in [1.54, 1.807) is 0 Å². The molecule has 2 heteroatoms. The predicted octanol–water partition coefficient (Wildman–Crippen LogP) is 1.95. The van der Waals surface area contributed by atoms with Gasteiger partial charge in [-0.05, 0) is 25.3 Å². The van der Waals surface area contributed by atoms with E-state index in [1.165, 1.54) is 45.1 Å². The summed E-state index contributed by atoms with van der Waals surface area (Å²) in [5.41, 5.74) is 0. The zero-order valence-electron chi connectivity index (χ0n) is 8.43. The molecule has 1 saturated heterocycles. The van der Waals surface area contributed by atoms with Gasteiger partial charge in [0.2, 0.25) is 0 Å². The van der Waals surface area contributed by atoms with Crippen molar-refractivity contribution in [3.63, 3.8) is 0 Å². The first-order valence-electron chi connectivity index (χ1n) is 5.76. The van der Waals surface area contributed by atoms with Gasteiger partial charge < -0.3 is 10.1 Å². The maximum absolute atomic E-state index is 5.32. The fourth-order valence-electron chi connectivity index (χ4n) is 2.49. The topological polar surface area (TPSA) is 21.3 Å². The van der Waals surface area contributed by atoms with Crippen LogP contribution in [0.25, 0.3) is 0 Å². The highest BCUT2D eigenvalue weighted by Gasteiger charge is 2.17. The fraction of sp³-hybridized carbons (Fsp3) is 1.00. The summed E-state index contributed by atoms with van der Waals surface area (Å²) in [7, 11) is 0. The maximum atomic E-state index is 5.32. The van der Waals surface area contributed by atoms with Crippen molar-refractivity contribution >= 4 is 0 Å². The van der Waals surface area contributed by atoms with Crippen molar-refractivity contribution in [1.29, 1.82) is 0 Å². The third-order valence-electron chi connectivity index (χ3n) is 3.39. The summed E-state index contributed by atoms with van der Waals surface area (Å²) < 4.78 is 5.32. The van der Waals surface area contributed by atoms with Crippen LogP contribution in [0.3, 0.4) is 0 Å². The van der Waals surface area contributed by atoms with Crippen LogP contribution in [-0.4, -0.2) is 25.8 Å². The first-order valence-corrected chi connectivity index (χ1v) is 5.76. The molecular formula is C11H21NO. The molecule has 1 unspecified atom stereocenters. The third kappa shape index (κ3) is 2.96. The molecule has 0 amide bonds. The first-order chi connectivity index (χ1) is 6.45. The van der Waals surface area contributed by atoms with Crippen molar-refractivity contribution in [2.45, 2.75) is 44.6 Å². The molecule has 2 rings (SSSR count). The van der Waals surface area contributed by atoms with Gasteiger partial charge in [0.05, 0.1) is 6.61 Å². The van der Waals surface area contributed by atoms with Gasteiger partial charge >= 0.3 is 0 Å². The number of nitrogens with one attached hydrogen (secondary N) is 1. The lowest BCUT2D eigenvalue weighted by molar-refractivity contribution is 0.189. The van der Waals surface area contributed by atoms with Gasteiger partial charge in [-0.1, -0.05) is 25.7 Å². The lowest BCUT2D eigenvalue weighted by atomic mass is 10.0. The van der Waals surface area contributed by atoms with E-state index in [-0.39, 0.29) is 0 Å². The van der Waals surface area contributed by atoms with Crippen molar-refractivity contribution in [3.8, 4) is 0 Å². The van der Waals surface area contributed by atoms with Crippen molar-refractivity contribution < 1.29 is 4.74 Å². The standard InChI is InChI=1S/C11H21NO/c1-2-4-10(3-1)5-7-12-11-6-8-13-9-11/h10-12H,1-9H2. The second-order valence-corrected chi connectivity index (χ2v) is 4.45. The molecule has 1 heterocycles. The van der Waals surface area contributed by atoms with Crippen molar-refractivity contribution in [1.82, 2.24) is 5.32 Å². The highest BCUT2D eigenvalue weighted by atomic mass is 16.5. The van der Waals surface area contributed by atoms with E-state index in [0.717, 1.165) is 19.1 Å². The van der Waals surface area contributed by atoms with Crippen LogP contribution in [-0.2, 0) is 4.74 Å². The molecule has 2 aliphatic rings. The smallest absolute Gasteiger partial charge is 0.0620 e. The Kier molecular flexibility index (Phi) is 3.62. The molecule has 0 bridgehead atoms. The zero-order valence-corrected chi connectivity index (χ0v) is 8.43. The lowest BCUT2D eigenvalue weighted by Crippen LogP contribution is -2.30. The Morgan fingerprint density at radius 1 is 1.15 bits per heavy atom. The Morgan fingerprint density at radius 3 is 2.69 bits per heavy atom. The molecule has 1 saturated carbocycles. The molecule has 1 aliphatic heterocycles. The summed E-state index contributed by atoms with van der Waals surface area (Å²) in [5.74, 6) is 1.02. The lowest BCUT2D eigenvalue weighted by Gasteiger charge is -2.13. The second kappa shape index (κ2) is 4.97. The average molecular weight is 183 g/mol. The number of hydrogen-bond donors (Lipinski definition) is 1. The highest BCUT2D eigenvalue weighted by molar-refractivity contribution is 4.73. The molecule has 1 atom stereocenters.